The third-order valence-corrected chi connectivity index (χ3v) is 3.95. The van der Waals surface area contributed by atoms with Crippen LogP contribution in [0.25, 0.3) is 6.08 Å². The molecule has 0 unspecified atom stereocenters. The fourth-order valence-corrected chi connectivity index (χ4v) is 2.66. The zero-order valence-electron chi connectivity index (χ0n) is 14.7. The fourth-order valence-electron chi connectivity index (χ4n) is 2.36. The summed E-state index contributed by atoms with van der Waals surface area (Å²) < 4.78 is 0. The SMILES string of the molecule is C=C/C=C\c1c(N=Nc2ccc(N(C)CCS)cc2)cccc1NC. The van der Waals surface area contributed by atoms with Crippen LogP contribution in [-0.4, -0.2) is 26.4 Å². The third-order valence-electron chi connectivity index (χ3n) is 3.75. The summed E-state index contributed by atoms with van der Waals surface area (Å²) in [6.45, 7) is 4.62. The Balaban J connectivity index is 2.24. The predicted molar refractivity (Wildman–Crippen MR) is 113 cm³/mol. The van der Waals surface area contributed by atoms with Gasteiger partial charge in [0.2, 0.25) is 0 Å². The molecule has 0 saturated heterocycles. The molecule has 4 nitrogen and oxygen atoms in total. The first-order chi connectivity index (χ1) is 12.2. The number of hydrogen-bond acceptors (Lipinski definition) is 5. The molecule has 0 aromatic heterocycles. The van der Waals surface area contributed by atoms with Crippen LogP contribution in [-0.2, 0) is 0 Å². The second kappa shape index (κ2) is 9.69. The maximum Gasteiger partial charge on any atom is 0.0950 e. The molecular weight excluding hydrogens is 328 g/mol. The third kappa shape index (κ3) is 5.22. The van der Waals surface area contributed by atoms with Crippen molar-refractivity contribution in [3.05, 3.63) is 66.8 Å². The highest BCUT2D eigenvalue weighted by Crippen LogP contribution is 2.30. The highest BCUT2D eigenvalue weighted by Gasteiger charge is 2.04. The minimum absolute atomic E-state index is 0.807. The van der Waals surface area contributed by atoms with Gasteiger partial charge in [-0.15, -0.1) is 5.11 Å². The average Bonchev–Trinajstić information content (AvgIpc) is 2.65. The number of anilines is 2. The van der Waals surface area contributed by atoms with Gasteiger partial charge in [0.25, 0.3) is 0 Å². The first-order valence-electron chi connectivity index (χ1n) is 8.13. The van der Waals surface area contributed by atoms with E-state index in [2.05, 4.69) is 39.7 Å². The van der Waals surface area contributed by atoms with Gasteiger partial charge < -0.3 is 10.2 Å². The molecule has 0 bridgehead atoms. The van der Waals surface area contributed by atoms with E-state index >= 15 is 0 Å². The molecule has 0 saturated carbocycles. The Morgan fingerprint density at radius 1 is 1.16 bits per heavy atom. The van der Waals surface area contributed by atoms with Crippen LogP contribution >= 0.6 is 12.6 Å². The van der Waals surface area contributed by atoms with Crippen LogP contribution in [0.3, 0.4) is 0 Å². The van der Waals surface area contributed by atoms with E-state index in [1.54, 1.807) is 6.08 Å². The molecule has 2 aromatic carbocycles. The summed E-state index contributed by atoms with van der Waals surface area (Å²) >= 11 is 4.26. The molecule has 0 spiro atoms. The summed E-state index contributed by atoms with van der Waals surface area (Å²) in [5.74, 6) is 0.820. The highest BCUT2D eigenvalue weighted by molar-refractivity contribution is 7.80. The molecular formula is C20H24N4S. The second-order valence-corrected chi connectivity index (χ2v) is 5.89. The minimum atomic E-state index is 0.807. The molecule has 0 amide bonds. The topological polar surface area (TPSA) is 40.0 Å². The number of nitrogens with one attached hydrogen (secondary N) is 1. The van der Waals surface area contributed by atoms with E-state index in [0.29, 0.717) is 0 Å². The zero-order valence-corrected chi connectivity index (χ0v) is 15.6. The maximum absolute atomic E-state index is 4.42. The zero-order chi connectivity index (χ0) is 18.1. The van der Waals surface area contributed by atoms with Crippen molar-refractivity contribution in [1.82, 2.24) is 0 Å². The van der Waals surface area contributed by atoms with Crippen LogP contribution in [0.4, 0.5) is 22.7 Å². The van der Waals surface area contributed by atoms with E-state index in [1.165, 1.54) is 0 Å². The number of nitrogens with zero attached hydrogens (tertiary/aromatic N) is 3. The summed E-state index contributed by atoms with van der Waals surface area (Å²) in [5.41, 5.74) is 4.74. The molecule has 130 valence electrons. The summed E-state index contributed by atoms with van der Waals surface area (Å²) in [7, 11) is 3.94. The summed E-state index contributed by atoms with van der Waals surface area (Å²) in [6, 6.07) is 13.9. The monoisotopic (exact) mass is 352 g/mol. The largest absolute Gasteiger partial charge is 0.388 e. The molecule has 0 heterocycles. The van der Waals surface area contributed by atoms with Crippen molar-refractivity contribution in [2.45, 2.75) is 0 Å². The van der Waals surface area contributed by atoms with Gasteiger partial charge in [-0.2, -0.15) is 17.7 Å². The lowest BCUT2D eigenvalue weighted by atomic mass is 10.1. The Morgan fingerprint density at radius 3 is 2.56 bits per heavy atom. The van der Waals surface area contributed by atoms with Crippen molar-refractivity contribution in [2.75, 3.05) is 36.6 Å². The van der Waals surface area contributed by atoms with Crippen molar-refractivity contribution in [1.29, 1.82) is 0 Å². The Hall–Kier alpha value is -2.53. The van der Waals surface area contributed by atoms with E-state index in [1.807, 2.05) is 68.7 Å². The van der Waals surface area contributed by atoms with Crippen LogP contribution in [0.5, 0.6) is 0 Å². The van der Waals surface area contributed by atoms with E-state index < -0.39 is 0 Å². The summed E-state index contributed by atoms with van der Waals surface area (Å²) in [5, 5.41) is 12.0. The fraction of sp³-hybridized carbons (Fsp3) is 0.200. The molecule has 0 aliphatic carbocycles. The van der Waals surface area contributed by atoms with Gasteiger partial charge in [-0.3, -0.25) is 0 Å². The second-order valence-electron chi connectivity index (χ2n) is 5.44. The molecule has 0 aliphatic heterocycles. The molecule has 5 heteroatoms. The van der Waals surface area contributed by atoms with E-state index in [0.717, 1.165) is 40.6 Å². The Labute approximate surface area is 155 Å². The number of rotatable bonds is 8. The van der Waals surface area contributed by atoms with Gasteiger partial charge in [0.1, 0.15) is 0 Å². The van der Waals surface area contributed by atoms with E-state index in [-0.39, 0.29) is 0 Å². The van der Waals surface area contributed by atoms with Crippen molar-refractivity contribution in [3.63, 3.8) is 0 Å². The Bertz CT molecular complexity index is 751. The van der Waals surface area contributed by atoms with E-state index in [9.17, 15) is 0 Å². The smallest absolute Gasteiger partial charge is 0.0950 e. The van der Waals surface area contributed by atoms with Crippen LogP contribution in [0.2, 0.25) is 0 Å². The van der Waals surface area contributed by atoms with E-state index in [4.69, 9.17) is 0 Å². The highest BCUT2D eigenvalue weighted by atomic mass is 32.1. The van der Waals surface area contributed by atoms with Gasteiger partial charge in [0, 0.05) is 43.3 Å². The minimum Gasteiger partial charge on any atom is -0.388 e. The molecule has 2 rings (SSSR count). The number of allylic oxidation sites excluding steroid dienone is 2. The predicted octanol–water partition coefficient (Wildman–Crippen LogP) is 5.71. The van der Waals surface area contributed by atoms with Crippen molar-refractivity contribution >= 4 is 41.5 Å². The van der Waals surface area contributed by atoms with Crippen LogP contribution in [0, 0.1) is 0 Å². The number of benzene rings is 2. The lowest BCUT2D eigenvalue weighted by molar-refractivity contribution is 0.979. The van der Waals surface area contributed by atoms with Gasteiger partial charge in [-0.25, -0.2) is 0 Å². The molecule has 2 aromatic rings. The first-order valence-corrected chi connectivity index (χ1v) is 8.76. The molecule has 0 atom stereocenters. The standard InChI is InChI=1S/C20H24N4S/c1-4-5-7-18-19(21-2)8-6-9-20(18)23-22-16-10-12-17(13-11-16)24(3)14-15-25/h4-13,21,25H,1,14-15H2,2-3H3/b7-5-,23-22?. The average molecular weight is 353 g/mol. The number of hydrogen-bond donors (Lipinski definition) is 2. The molecule has 0 fully saturated rings. The Kier molecular flexibility index (Phi) is 7.29. The van der Waals surface area contributed by atoms with Gasteiger partial charge >= 0.3 is 0 Å². The van der Waals surface area contributed by atoms with Gasteiger partial charge in [0.05, 0.1) is 11.4 Å². The van der Waals surface area contributed by atoms with Crippen molar-refractivity contribution < 1.29 is 0 Å². The lowest BCUT2D eigenvalue weighted by Crippen LogP contribution is -2.19. The quantitative estimate of drug-likeness (QED) is 0.363. The first kappa shape index (κ1) is 18.8. The van der Waals surface area contributed by atoms with Gasteiger partial charge in [-0.05, 0) is 36.4 Å². The molecule has 0 radical (unpaired) electrons. The van der Waals surface area contributed by atoms with Crippen LogP contribution < -0.4 is 10.2 Å². The van der Waals surface area contributed by atoms with Crippen LogP contribution in [0.15, 0.2) is 71.4 Å². The molecule has 0 aliphatic rings. The normalized spacial score (nSPS) is 11.2. The number of thiol groups is 1. The lowest BCUT2D eigenvalue weighted by Gasteiger charge is -2.17. The number of azo groups is 1. The molecule has 25 heavy (non-hydrogen) atoms. The van der Waals surface area contributed by atoms with Gasteiger partial charge in [-0.1, -0.05) is 30.9 Å². The van der Waals surface area contributed by atoms with Crippen molar-refractivity contribution in [2.24, 2.45) is 10.2 Å². The van der Waals surface area contributed by atoms with Crippen LogP contribution in [0.1, 0.15) is 5.56 Å². The maximum atomic E-state index is 4.42. The summed E-state index contributed by atoms with van der Waals surface area (Å²) in [6.07, 6.45) is 5.61. The molecule has 1 N–H and O–H groups in total. The van der Waals surface area contributed by atoms with Gasteiger partial charge in [0.15, 0.2) is 0 Å². The summed E-state index contributed by atoms with van der Waals surface area (Å²) in [4.78, 5) is 2.16. The van der Waals surface area contributed by atoms with Crippen molar-refractivity contribution in [3.8, 4) is 0 Å². The Morgan fingerprint density at radius 2 is 1.92 bits per heavy atom.